The van der Waals surface area contributed by atoms with Crippen LogP contribution in [-0.4, -0.2) is 42.1 Å². The molecule has 1 N–H and O–H groups in total. The predicted octanol–water partition coefficient (Wildman–Crippen LogP) is 1.26. The van der Waals surface area contributed by atoms with Crippen LogP contribution < -0.4 is 0 Å². The third-order valence-corrected chi connectivity index (χ3v) is 3.92. The third-order valence-electron chi connectivity index (χ3n) is 3.92. The number of rotatable bonds is 2. The fourth-order valence-electron chi connectivity index (χ4n) is 2.82. The van der Waals surface area contributed by atoms with Crippen molar-refractivity contribution in [1.82, 2.24) is 0 Å². The number of aliphatic hydroxyl groups is 1. The van der Waals surface area contributed by atoms with Crippen molar-refractivity contribution in [3.05, 3.63) is 11.8 Å². The Morgan fingerprint density at radius 1 is 1.53 bits per heavy atom. The molecule has 19 heavy (non-hydrogen) atoms. The smallest absolute Gasteiger partial charge is 0.373 e. The topological polar surface area (TPSA) is 65.0 Å². The Labute approximate surface area is 113 Å². The van der Waals surface area contributed by atoms with Gasteiger partial charge in [0, 0.05) is 11.8 Å². The minimum atomic E-state index is -0.998. The van der Waals surface area contributed by atoms with E-state index >= 15 is 0 Å². The summed E-state index contributed by atoms with van der Waals surface area (Å²) in [6.07, 6.45) is 1.69. The van der Waals surface area contributed by atoms with E-state index in [-0.39, 0.29) is 24.2 Å². The molecule has 1 fully saturated rings. The van der Waals surface area contributed by atoms with E-state index in [1.54, 1.807) is 19.9 Å². The maximum Gasteiger partial charge on any atom is 0.373 e. The second kappa shape index (κ2) is 4.80. The van der Waals surface area contributed by atoms with E-state index in [1.807, 2.05) is 13.8 Å². The highest BCUT2D eigenvalue weighted by Gasteiger charge is 2.51. The molecule has 2 rings (SSSR count). The molecule has 2 heterocycles. The van der Waals surface area contributed by atoms with Crippen LogP contribution in [0.25, 0.3) is 0 Å². The molecule has 0 aromatic carbocycles. The summed E-state index contributed by atoms with van der Waals surface area (Å²) in [5, 5.41) is 10.5. The summed E-state index contributed by atoms with van der Waals surface area (Å²) in [5.74, 6) is -0.453. The molecule has 0 aromatic heterocycles. The van der Waals surface area contributed by atoms with E-state index in [4.69, 9.17) is 14.2 Å². The van der Waals surface area contributed by atoms with Crippen molar-refractivity contribution in [2.45, 2.75) is 38.9 Å². The molecule has 0 amide bonds. The molecule has 0 radical (unpaired) electrons. The molecule has 1 saturated heterocycles. The second-order valence-corrected chi connectivity index (χ2v) is 5.96. The number of ether oxygens (including phenoxy) is 3. The van der Waals surface area contributed by atoms with Gasteiger partial charge in [0.2, 0.25) is 5.76 Å². The Morgan fingerprint density at radius 3 is 2.84 bits per heavy atom. The minimum Gasteiger partial charge on any atom is -0.480 e. The zero-order valence-corrected chi connectivity index (χ0v) is 11.9. The van der Waals surface area contributed by atoms with Gasteiger partial charge in [0.1, 0.15) is 5.60 Å². The van der Waals surface area contributed by atoms with Gasteiger partial charge in [-0.15, -0.1) is 0 Å². The molecule has 2 aliphatic heterocycles. The van der Waals surface area contributed by atoms with Crippen molar-refractivity contribution in [3.8, 4) is 0 Å². The first-order valence-electron chi connectivity index (χ1n) is 6.66. The Balaban J connectivity index is 2.33. The molecular weight excluding hydrogens is 248 g/mol. The van der Waals surface area contributed by atoms with Crippen LogP contribution in [0.3, 0.4) is 0 Å². The van der Waals surface area contributed by atoms with E-state index in [0.29, 0.717) is 13.2 Å². The number of carbonyl (C=O) groups is 1. The molecule has 108 valence electrons. The maximum absolute atomic E-state index is 11.8. The van der Waals surface area contributed by atoms with Gasteiger partial charge >= 0.3 is 5.97 Å². The fourth-order valence-corrected chi connectivity index (χ4v) is 2.82. The average Bonchev–Trinajstić information content (AvgIpc) is 2.29. The number of esters is 1. The highest BCUT2D eigenvalue weighted by atomic mass is 16.6. The van der Waals surface area contributed by atoms with Gasteiger partial charge in [0.15, 0.2) is 0 Å². The molecule has 0 spiro atoms. The summed E-state index contributed by atoms with van der Waals surface area (Å²) in [6.45, 7) is 8.36. The normalized spacial score (nSPS) is 36.8. The van der Waals surface area contributed by atoms with Gasteiger partial charge in [0.05, 0.1) is 25.4 Å². The Bertz CT molecular complexity index is 397. The van der Waals surface area contributed by atoms with E-state index in [0.717, 1.165) is 0 Å². The lowest BCUT2D eigenvalue weighted by Gasteiger charge is -2.50. The Hall–Kier alpha value is -1.07. The minimum absolute atomic E-state index is 0.00873. The maximum atomic E-state index is 11.8. The molecule has 0 aliphatic carbocycles. The lowest BCUT2D eigenvalue weighted by Crippen LogP contribution is -2.57. The van der Waals surface area contributed by atoms with Gasteiger partial charge in [-0.2, -0.15) is 0 Å². The fraction of sp³-hybridized carbons (Fsp3) is 0.786. The number of hydrogen-bond donors (Lipinski definition) is 1. The van der Waals surface area contributed by atoms with E-state index in [1.165, 1.54) is 0 Å². The summed E-state index contributed by atoms with van der Waals surface area (Å²) < 4.78 is 16.2. The Kier molecular flexibility index (Phi) is 3.62. The number of carbonyl (C=O) groups excluding carboxylic acids is 1. The monoisotopic (exact) mass is 270 g/mol. The van der Waals surface area contributed by atoms with E-state index in [9.17, 15) is 9.90 Å². The summed E-state index contributed by atoms with van der Waals surface area (Å²) in [5.41, 5.74) is -1.58. The SMILES string of the molecule is CCOC(=O)C1=CC2C(COCC2(C)O)C(C)(C)O1. The molecule has 5 heteroatoms. The number of fused-ring (bicyclic) bond motifs is 1. The molecule has 0 aromatic rings. The second-order valence-electron chi connectivity index (χ2n) is 5.96. The van der Waals surface area contributed by atoms with E-state index < -0.39 is 17.2 Å². The molecule has 3 unspecified atom stereocenters. The van der Waals surface area contributed by atoms with Gasteiger partial charge in [-0.25, -0.2) is 4.79 Å². The number of hydrogen-bond acceptors (Lipinski definition) is 5. The van der Waals surface area contributed by atoms with Crippen molar-refractivity contribution in [1.29, 1.82) is 0 Å². The van der Waals surface area contributed by atoms with Crippen LogP contribution in [0, 0.1) is 11.8 Å². The quantitative estimate of drug-likeness (QED) is 0.765. The van der Waals surface area contributed by atoms with Crippen molar-refractivity contribution in [2.75, 3.05) is 19.8 Å². The van der Waals surface area contributed by atoms with Gasteiger partial charge < -0.3 is 19.3 Å². The van der Waals surface area contributed by atoms with E-state index in [2.05, 4.69) is 0 Å². The first-order valence-corrected chi connectivity index (χ1v) is 6.66. The Morgan fingerprint density at radius 2 is 2.21 bits per heavy atom. The van der Waals surface area contributed by atoms with Crippen LogP contribution in [0.15, 0.2) is 11.8 Å². The van der Waals surface area contributed by atoms with Crippen molar-refractivity contribution in [3.63, 3.8) is 0 Å². The van der Waals surface area contributed by atoms with Crippen LogP contribution in [0.2, 0.25) is 0 Å². The van der Waals surface area contributed by atoms with Crippen LogP contribution in [-0.2, 0) is 19.0 Å². The van der Waals surface area contributed by atoms with Gasteiger partial charge in [-0.3, -0.25) is 0 Å². The highest BCUT2D eigenvalue weighted by Crippen LogP contribution is 2.44. The first-order chi connectivity index (χ1) is 8.78. The molecule has 0 bridgehead atoms. The van der Waals surface area contributed by atoms with Crippen LogP contribution >= 0.6 is 0 Å². The van der Waals surface area contributed by atoms with Crippen LogP contribution in [0.5, 0.6) is 0 Å². The highest BCUT2D eigenvalue weighted by molar-refractivity contribution is 5.86. The molecule has 3 atom stereocenters. The van der Waals surface area contributed by atoms with Gasteiger partial charge in [-0.1, -0.05) is 0 Å². The molecular formula is C14H22O5. The van der Waals surface area contributed by atoms with Crippen molar-refractivity contribution in [2.24, 2.45) is 11.8 Å². The summed E-state index contributed by atoms with van der Waals surface area (Å²) in [4.78, 5) is 11.8. The third kappa shape index (κ3) is 2.62. The molecule has 5 nitrogen and oxygen atoms in total. The van der Waals surface area contributed by atoms with Gasteiger partial charge in [-0.05, 0) is 33.8 Å². The molecule has 0 saturated carbocycles. The summed E-state index contributed by atoms with van der Waals surface area (Å²) >= 11 is 0. The predicted molar refractivity (Wildman–Crippen MR) is 68.3 cm³/mol. The lowest BCUT2D eigenvalue weighted by molar-refractivity contribution is -0.190. The zero-order valence-electron chi connectivity index (χ0n) is 11.9. The van der Waals surface area contributed by atoms with Crippen LogP contribution in [0.1, 0.15) is 27.7 Å². The molecule has 2 aliphatic rings. The van der Waals surface area contributed by atoms with Crippen molar-refractivity contribution < 1.29 is 24.1 Å². The first kappa shape index (κ1) is 14.3. The summed E-state index contributed by atoms with van der Waals surface area (Å²) in [6, 6.07) is 0. The van der Waals surface area contributed by atoms with Crippen LogP contribution in [0.4, 0.5) is 0 Å². The standard InChI is InChI=1S/C14H22O5/c1-5-18-12(15)11-6-9-10(13(2,3)19-11)7-17-8-14(9,4)16/h6,9-10,16H,5,7-8H2,1-4H3. The zero-order chi connectivity index (χ0) is 14.3. The summed E-state index contributed by atoms with van der Waals surface area (Å²) in [7, 11) is 0. The largest absolute Gasteiger partial charge is 0.480 e. The van der Waals surface area contributed by atoms with Gasteiger partial charge in [0.25, 0.3) is 0 Å². The lowest BCUT2D eigenvalue weighted by atomic mass is 9.69. The van der Waals surface area contributed by atoms with Crippen molar-refractivity contribution >= 4 is 5.97 Å². The average molecular weight is 270 g/mol.